The summed E-state index contributed by atoms with van der Waals surface area (Å²) in [6, 6.07) is 13.8. The number of hydrogen-bond acceptors (Lipinski definition) is 5. The third kappa shape index (κ3) is 3.42. The monoisotopic (exact) mass is 440 g/mol. The molecule has 0 radical (unpaired) electrons. The molecule has 1 N–H and O–H groups in total. The number of aromatic nitrogens is 3. The Hall–Kier alpha value is -2.64. The molecule has 0 spiro atoms. The average molecular weight is 441 g/mol. The van der Waals surface area contributed by atoms with Gasteiger partial charge in [0.15, 0.2) is 5.78 Å². The molecule has 5 nitrogen and oxygen atoms in total. The second kappa shape index (κ2) is 7.89. The minimum absolute atomic E-state index is 0.107. The lowest BCUT2D eigenvalue weighted by molar-refractivity contribution is -0.116. The van der Waals surface area contributed by atoms with Crippen LogP contribution in [-0.4, -0.2) is 20.5 Å². The Labute approximate surface area is 182 Å². The van der Waals surface area contributed by atoms with Crippen LogP contribution in [0, 0.1) is 5.82 Å². The Balaban J connectivity index is 1.53. The number of carbonyl (C=O) groups is 1. The fourth-order valence-electron chi connectivity index (χ4n) is 3.94. The van der Waals surface area contributed by atoms with Crippen LogP contribution in [0.3, 0.4) is 0 Å². The van der Waals surface area contributed by atoms with Crippen molar-refractivity contribution in [2.24, 2.45) is 0 Å². The molecule has 1 aliphatic carbocycles. The zero-order chi connectivity index (χ0) is 20.7. The molecule has 0 amide bonds. The number of Topliss-reactive ketones (excluding diaryl/α,β-unsaturated/α-hetero) is 1. The van der Waals surface area contributed by atoms with Crippen molar-refractivity contribution in [2.75, 3.05) is 5.32 Å². The number of halogens is 2. The van der Waals surface area contributed by atoms with Crippen LogP contribution in [0.2, 0.25) is 5.02 Å². The van der Waals surface area contributed by atoms with Crippen LogP contribution < -0.4 is 5.32 Å². The van der Waals surface area contributed by atoms with Crippen molar-refractivity contribution in [2.45, 2.75) is 36.2 Å². The predicted octanol–water partition coefficient (Wildman–Crippen LogP) is 5.38. The van der Waals surface area contributed by atoms with Crippen LogP contribution in [0.1, 0.15) is 36.4 Å². The van der Waals surface area contributed by atoms with E-state index < -0.39 is 6.04 Å². The lowest BCUT2D eigenvalue weighted by atomic mass is 9.85. The number of ketones is 1. The highest BCUT2D eigenvalue weighted by molar-refractivity contribution is 7.98. The van der Waals surface area contributed by atoms with E-state index in [1.54, 1.807) is 16.8 Å². The predicted molar refractivity (Wildman–Crippen MR) is 115 cm³/mol. The fraction of sp³-hybridized carbons (Fsp3) is 0.227. The van der Waals surface area contributed by atoms with E-state index in [0.29, 0.717) is 39.4 Å². The first kappa shape index (κ1) is 19.3. The van der Waals surface area contributed by atoms with Gasteiger partial charge in [0, 0.05) is 34.0 Å². The molecule has 30 heavy (non-hydrogen) atoms. The summed E-state index contributed by atoms with van der Waals surface area (Å²) in [4.78, 5) is 17.4. The zero-order valence-corrected chi connectivity index (χ0v) is 17.5. The second-order valence-electron chi connectivity index (χ2n) is 7.26. The molecular weight excluding hydrogens is 423 g/mol. The highest BCUT2D eigenvalue weighted by Crippen LogP contribution is 2.42. The summed E-state index contributed by atoms with van der Waals surface area (Å²) >= 11 is 7.86. The van der Waals surface area contributed by atoms with Gasteiger partial charge in [0.05, 0.1) is 0 Å². The Morgan fingerprint density at radius 2 is 1.97 bits per heavy atom. The number of fused-ring (bicyclic) bond motifs is 1. The van der Waals surface area contributed by atoms with E-state index in [2.05, 4.69) is 15.4 Å². The van der Waals surface area contributed by atoms with Gasteiger partial charge in [-0.05, 0) is 30.5 Å². The molecule has 1 unspecified atom stereocenters. The van der Waals surface area contributed by atoms with E-state index in [9.17, 15) is 9.18 Å². The highest BCUT2D eigenvalue weighted by Gasteiger charge is 2.37. The zero-order valence-electron chi connectivity index (χ0n) is 15.9. The van der Waals surface area contributed by atoms with Crippen LogP contribution in [0.4, 0.5) is 10.3 Å². The molecule has 0 fully saturated rings. The molecule has 0 saturated carbocycles. The Morgan fingerprint density at radius 3 is 2.80 bits per heavy atom. The minimum atomic E-state index is -0.423. The van der Waals surface area contributed by atoms with Gasteiger partial charge in [-0.1, -0.05) is 59.8 Å². The Kier molecular flexibility index (Phi) is 5.08. The number of carbonyl (C=O) groups excluding carboxylic acids is 1. The van der Waals surface area contributed by atoms with Gasteiger partial charge >= 0.3 is 0 Å². The number of thioether (sulfide) groups is 1. The summed E-state index contributed by atoms with van der Waals surface area (Å²) in [5, 5.41) is 9.05. The summed E-state index contributed by atoms with van der Waals surface area (Å²) in [6.07, 6.45) is 2.11. The number of rotatable bonds is 4. The topological polar surface area (TPSA) is 59.8 Å². The maximum atomic E-state index is 14.0. The molecule has 2 aromatic carbocycles. The number of anilines is 1. The minimum Gasteiger partial charge on any atom is -0.328 e. The molecule has 3 aromatic rings. The molecule has 0 bridgehead atoms. The van der Waals surface area contributed by atoms with E-state index in [-0.39, 0.29) is 11.6 Å². The van der Waals surface area contributed by atoms with E-state index in [1.165, 1.54) is 17.8 Å². The lowest BCUT2D eigenvalue weighted by Gasteiger charge is -2.32. The Morgan fingerprint density at radius 1 is 1.17 bits per heavy atom. The number of allylic oxidation sites excluding steroid dienone is 2. The van der Waals surface area contributed by atoms with E-state index in [4.69, 9.17) is 11.6 Å². The smallest absolute Gasteiger partial charge is 0.227 e. The maximum Gasteiger partial charge on any atom is 0.227 e. The van der Waals surface area contributed by atoms with Crippen LogP contribution in [-0.2, 0) is 10.5 Å². The normalized spacial score (nSPS) is 18.1. The Bertz CT molecular complexity index is 1180. The van der Waals surface area contributed by atoms with Crippen LogP contribution in [0.15, 0.2) is 65.0 Å². The molecule has 152 valence electrons. The number of hydrogen-bond donors (Lipinski definition) is 1. The summed E-state index contributed by atoms with van der Waals surface area (Å²) in [5.74, 6) is 0.849. The largest absolute Gasteiger partial charge is 0.328 e. The molecule has 5 rings (SSSR count). The van der Waals surface area contributed by atoms with Crippen molar-refractivity contribution in [3.8, 4) is 0 Å². The standard InChI is InChI=1S/C22H18ClFN4OS/c23-15-8-3-2-7-14(15)20-19-17(10-5-11-18(19)29)25-21-26-22(27-28(20)21)30-12-13-6-1-4-9-16(13)24/h1-4,6-9,20H,5,10-12H2,(H,25,26,27). The molecule has 2 aliphatic rings. The first-order valence-electron chi connectivity index (χ1n) is 9.72. The average Bonchev–Trinajstić information content (AvgIpc) is 3.15. The maximum absolute atomic E-state index is 14.0. The van der Waals surface area contributed by atoms with Crippen molar-refractivity contribution in [1.29, 1.82) is 0 Å². The first-order chi connectivity index (χ1) is 14.6. The van der Waals surface area contributed by atoms with Crippen molar-refractivity contribution in [3.63, 3.8) is 0 Å². The molecular formula is C22H18ClFN4OS. The van der Waals surface area contributed by atoms with E-state index >= 15 is 0 Å². The van der Waals surface area contributed by atoms with Crippen molar-refractivity contribution in [3.05, 3.63) is 81.8 Å². The van der Waals surface area contributed by atoms with Gasteiger partial charge in [0.25, 0.3) is 0 Å². The molecule has 2 heterocycles. The highest BCUT2D eigenvalue weighted by atomic mass is 35.5. The second-order valence-corrected chi connectivity index (χ2v) is 8.61. The molecule has 1 aromatic heterocycles. The third-order valence-electron chi connectivity index (χ3n) is 5.36. The van der Waals surface area contributed by atoms with Crippen molar-refractivity contribution < 1.29 is 9.18 Å². The lowest BCUT2D eigenvalue weighted by Crippen LogP contribution is -2.31. The molecule has 8 heteroatoms. The summed E-state index contributed by atoms with van der Waals surface area (Å²) in [6.45, 7) is 0. The number of nitrogens with one attached hydrogen (secondary N) is 1. The first-order valence-corrected chi connectivity index (χ1v) is 11.1. The quantitative estimate of drug-likeness (QED) is 0.551. The molecule has 0 saturated heterocycles. The summed E-state index contributed by atoms with van der Waals surface area (Å²) in [5.41, 5.74) is 3.01. The van der Waals surface area contributed by atoms with E-state index in [1.807, 2.05) is 30.3 Å². The van der Waals surface area contributed by atoms with Crippen LogP contribution >= 0.6 is 23.4 Å². The van der Waals surface area contributed by atoms with Crippen LogP contribution in [0.5, 0.6) is 0 Å². The fourth-order valence-corrected chi connectivity index (χ4v) is 4.99. The van der Waals surface area contributed by atoms with Crippen LogP contribution in [0.25, 0.3) is 0 Å². The van der Waals surface area contributed by atoms with Gasteiger partial charge in [0.1, 0.15) is 11.9 Å². The van der Waals surface area contributed by atoms with Gasteiger partial charge in [0.2, 0.25) is 11.1 Å². The third-order valence-corrected chi connectivity index (χ3v) is 6.59. The number of benzene rings is 2. The van der Waals surface area contributed by atoms with Gasteiger partial charge < -0.3 is 5.32 Å². The summed E-state index contributed by atoms with van der Waals surface area (Å²) in [7, 11) is 0. The molecule has 1 atom stereocenters. The van der Waals surface area contributed by atoms with Crippen molar-refractivity contribution >= 4 is 35.1 Å². The van der Waals surface area contributed by atoms with Gasteiger partial charge in [-0.2, -0.15) is 4.98 Å². The summed E-state index contributed by atoms with van der Waals surface area (Å²) < 4.78 is 15.7. The number of nitrogens with zero attached hydrogens (tertiary/aromatic N) is 3. The van der Waals surface area contributed by atoms with Gasteiger partial charge in [-0.3, -0.25) is 4.79 Å². The van der Waals surface area contributed by atoms with E-state index in [0.717, 1.165) is 24.1 Å². The van der Waals surface area contributed by atoms with Gasteiger partial charge in [-0.25, -0.2) is 9.07 Å². The SMILES string of the molecule is O=C1CCCC2=C1C(c1ccccc1Cl)n1nc(SCc3ccccc3F)nc1N2. The van der Waals surface area contributed by atoms with Crippen molar-refractivity contribution in [1.82, 2.24) is 14.8 Å². The molecule has 1 aliphatic heterocycles. The van der Waals surface area contributed by atoms with Gasteiger partial charge in [-0.15, -0.1) is 5.10 Å².